The van der Waals surface area contributed by atoms with E-state index in [9.17, 15) is 19.2 Å². The van der Waals surface area contributed by atoms with Gasteiger partial charge in [-0.1, -0.05) is 72.3 Å². The lowest BCUT2D eigenvalue weighted by molar-refractivity contribution is 0.0972. The third kappa shape index (κ3) is 4.40. The number of hydrogen-bond donors (Lipinski definition) is 1. The standard InChI is InChI=1S/C30H18ClNO4/c31-20-13-15-21(16-14-20)32-30(36)19-11-8-18(9-12-19)10-17-26(33)24-6-3-7-25-27(24)29(35)23-5-2-1-4-22(23)28(25)34/h1-17H,(H,32,36)/b17-10+. The molecular formula is C30H18ClNO4. The van der Waals surface area contributed by atoms with Gasteiger partial charge in [0.15, 0.2) is 17.3 Å². The minimum Gasteiger partial charge on any atom is -0.322 e. The molecule has 0 fully saturated rings. The maximum absolute atomic E-state index is 13.1. The Bertz CT molecular complexity index is 1570. The highest BCUT2D eigenvalue weighted by molar-refractivity contribution is 6.31. The first-order valence-electron chi connectivity index (χ1n) is 11.1. The number of nitrogens with one attached hydrogen (secondary N) is 1. The Morgan fingerprint density at radius 2 is 1.33 bits per heavy atom. The molecule has 4 aromatic rings. The molecule has 0 bridgehead atoms. The summed E-state index contributed by atoms with van der Waals surface area (Å²) >= 11 is 5.87. The lowest BCUT2D eigenvalue weighted by atomic mass is 9.81. The SMILES string of the molecule is O=C(Nc1ccc(Cl)cc1)c1ccc(/C=C/C(=O)c2cccc3c2C(=O)c2ccccc2C3=O)cc1. The van der Waals surface area contributed by atoms with Crippen LogP contribution in [0.4, 0.5) is 5.69 Å². The quantitative estimate of drug-likeness (QED) is 0.232. The number of rotatable bonds is 5. The van der Waals surface area contributed by atoms with E-state index in [1.807, 2.05) is 0 Å². The average molecular weight is 492 g/mol. The molecule has 5 rings (SSSR count). The van der Waals surface area contributed by atoms with Crippen LogP contribution < -0.4 is 5.32 Å². The first-order chi connectivity index (χ1) is 17.4. The zero-order chi connectivity index (χ0) is 25.2. The molecule has 1 amide bonds. The van der Waals surface area contributed by atoms with Crippen LogP contribution >= 0.6 is 11.6 Å². The molecule has 0 spiro atoms. The monoisotopic (exact) mass is 491 g/mol. The maximum atomic E-state index is 13.1. The van der Waals surface area contributed by atoms with Crippen LogP contribution in [0.25, 0.3) is 6.08 Å². The van der Waals surface area contributed by atoms with Gasteiger partial charge < -0.3 is 5.32 Å². The largest absolute Gasteiger partial charge is 0.322 e. The van der Waals surface area contributed by atoms with E-state index in [4.69, 9.17) is 11.6 Å². The van der Waals surface area contributed by atoms with Gasteiger partial charge in [0.05, 0.1) is 0 Å². The third-order valence-corrected chi connectivity index (χ3v) is 6.17. The second kappa shape index (κ2) is 9.56. The van der Waals surface area contributed by atoms with Gasteiger partial charge in [-0.3, -0.25) is 19.2 Å². The van der Waals surface area contributed by atoms with Gasteiger partial charge in [-0.2, -0.15) is 0 Å². The van der Waals surface area contributed by atoms with E-state index in [-0.39, 0.29) is 34.2 Å². The van der Waals surface area contributed by atoms with Gasteiger partial charge in [0.1, 0.15) is 0 Å². The van der Waals surface area contributed by atoms with E-state index in [0.717, 1.165) is 0 Å². The summed E-state index contributed by atoms with van der Waals surface area (Å²) in [7, 11) is 0. The van der Waals surface area contributed by atoms with E-state index >= 15 is 0 Å². The van der Waals surface area contributed by atoms with E-state index < -0.39 is 5.78 Å². The predicted molar refractivity (Wildman–Crippen MR) is 139 cm³/mol. The van der Waals surface area contributed by atoms with E-state index in [1.54, 1.807) is 97.1 Å². The molecule has 0 heterocycles. The normalized spacial score (nSPS) is 12.2. The number of halogens is 1. The van der Waals surface area contributed by atoms with E-state index in [1.165, 1.54) is 6.08 Å². The molecule has 1 aliphatic carbocycles. The molecule has 0 saturated heterocycles. The fourth-order valence-electron chi connectivity index (χ4n) is 4.09. The Morgan fingerprint density at radius 1 is 0.694 bits per heavy atom. The molecule has 6 heteroatoms. The number of benzene rings is 4. The lowest BCUT2D eigenvalue weighted by Crippen LogP contribution is -2.23. The smallest absolute Gasteiger partial charge is 0.255 e. The Hall–Kier alpha value is -4.61. The van der Waals surface area contributed by atoms with Crippen LogP contribution in [-0.2, 0) is 0 Å². The lowest BCUT2D eigenvalue weighted by Gasteiger charge is -2.19. The summed E-state index contributed by atoms with van der Waals surface area (Å²) in [4.78, 5) is 51.5. The molecule has 174 valence electrons. The second-order valence-electron chi connectivity index (χ2n) is 8.21. The highest BCUT2D eigenvalue weighted by Crippen LogP contribution is 2.30. The third-order valence-electron chi connectivity index (χ3n) is 5.92. The van der Waals surface area contributed by atoms with Crippen LogP contribution in [0.2, 0.25) is 5.02 Å². The number of carbonyl (C=O) groups excluding carboxylic acids is 4. The average Bonchev–Trinajstić information content (AvgIpc) is 2.91. The van der Waals surface area contributed by atoms with Crippen molar-refractivity contribution in [1.82, 2.24) is 0 Å². The van der Waals surface area contributed by atoms with Crippen molar-refractivity contribution < 1.29 is 19.2 Å². The van der Waals surface area contributed by atoms with Crippen LogP contribution in [0, 0.1) is 0 Å². The van der Waals surface area contributed by atoms with E-state index in [0.29, 0.717) is 33.0 Å². The molecule has 5 nitrogen and oxygen atoms in total. The summed E-state index contributed by atoms with van der Waals surface area (Å²) in [5.74, 6) is -1.28. The summed E-state index contributed by atoms with van der Waals surface area (Å²) in [5, 5.41) is 3.37. The number of amides is 1. The molecule has 0 radical (unpaired) electrons. The highest BCUT2D eigenvalue weighted by atomic mass is 35.5. The fraction of sp³-hybridized carbons (Fsp3) is 0. The van der Waals surface area contributed by atoms with Crippen molar-refractivity contribution >= 4 is 46.6 Å². The van der Waals surface area contributed by atoms with Gasteiger partial charge in [-0.05, 0) is 48.0 Å². The molecule has 36 heavy (non-hydrogen) atoms. The molecule has 1 N–H and O–H groups in total. The number of carbonyl (C=O) groups is 4. The molecule has 1 aliphatic rings. The Labute approximate surface area is 212 Å². The van der Waals surface area contributed by atoms with Gasteiger partial charge in [0, 0.05) is 44.1 Å². The highest BCUT2D eigenvalue weighted by Gasteiger charge is 2.32. The van der Waals surface area contributed by atoms with Crippen LogP contribution in [0.1, 0.15) is 58.1 Å². The van der Waals surface area contributed by atoms with Crippen molar-refractivity contribution in [2.45, 2.75) is 0 Å². The molecule has 4 aromatic carbocycles. The van der Waals surface area contributed by atoms with E-state index in [2.05, 4.69) is 5.32 Å². The van der Waals surface area contributed by atoms with Gasteiger partial charge in [-0.25, -0.2) is 0 Å². The molecule has 0 saturated carbocycles. The number of anilines is 1. The molecular weight excluding hydrogens is 474 g/mol. The van der Waals surface area contributed by atoms with Gasteiger partial charge in [-0.15, -0.1) is 0 Å². The molecule has 0 aromatic heterocycles. The van der Waals surface area contributed by atoms with Gasteiger partial charge >= 0.3 is 0 Å². The minimum atomic E-state index is -0.392. The summed E-state index contributed by atoms with van der Waals surface area (Å²) in [6.45, 7) is 0. The van der Waals surface area contributed by atoms with Crippen molar-refractivity contribution in [2.24, 2.45) is 0 Å². The topological polar surface area (TPSA) is 80.3 Å². The Balaban J connectivity index is 1.34. The summed E-state index contributed by atoms with van der Waals surface area (Å²) in [6.07, 6.45) is 2.96. The van der Waals surface area contributed by atoms with Gasteiger partial charge in [0.25, 0.3) is 5.91 Å². The van der Waals surface area contributed by atoms with Crippen molar-refractivity contribution in [3.05, 3.63) is 141 Å². The maximum Gasteiger partial charge on any atom is 0.255 e. The fourth-order valence-corrected chi connectivity index (χ4v) is 4.22. The Kier molecular flexibility index (Phi) is 6.15. The van der Waals surface area contributed by atoms with Gasteiger partial charge in [0.2, 0.25) is 0 Å². The first kappa shape index (κ1) is 23.1. The van der Waals surface area contributed by atoms with Crippen LogP contribution in [0.3, 0.4) is 0 Å². The molecule has 0 atom stereocenters. The summed E-state index contributed by atoms with van der Waals surface area (Å²) in [6, 6.07) is 24.9. The molecule has 0 aliphatic heterocycles. The van der Waals surface area contributed by atoms with Crippen molar-refractivity contribution in [3.63, 3.8) is 0 Å². The van der Waals surface area contributed by atoms with Crippen molar-refractivity contribution in [2.75, 3.05) is 5.32 Å². The summed E-state index contributed by atoms with van der Waals surface area (Å²) < 4.78 is 0. The van der Waals surface area contributed by atoms with Crippen LogP contribution in [-0.4, -0.2) is 23.3 Å². The summed E-state index contributed by atoms with van der Waals surface area (Å²) in [5.41, 5.74) is 2.95. The van der Waals surface area contributed by atoms with Crippen molar-refractivity contribution in [3.8, 4) is 0 Å². The number of ketones is 3. The number of fused-ring (bicyclic) bond motifs is 2. The Morgan fingerprint density at radius 3 is 2.03 bits per heavy atom. The zero-order valence-electron chi connectivity index (χ0n) is 18.8. The minimum absolute atomic E-state index is 0.130. The number of hydrogen-bond acceptors (Lipinski definition) is 4. The van der Waals surface area contributed by atoms with Crippen LogP contribution in [0.5, 0.6) is 0 Å². The number of allylic oxidation sites excluding steroid dienone is 1. The van der Waals surface area contributed by atoms with Crippen LogP contribution in [0.15, 0.2) is 97.1 Å². The zero-order valence-corrected chi connectivity index (χ0v) is 19.6. The van der Waals surface area contributed by atoms with Crippen molar-refractivity contribution in [1.29, 1.82) is 0 Å². The predicted octanol–water partition coefficient (Wildman–Crippen LogP) is 6.26. The second-order valence-corrected chi connectivity index (χ2v) is 8.65. The molecule has 0 unspecified atom stereocenters. The first-order valence-corrected chi connectivity index (χ1v) is 11.5.